The number of hydrogen-bond acceptors (Lipinski definition) is 1. The summed E-state index contributed by atoms with van der Waals surface area (Å²) in [4.78, 5) is 0. The molecule has 1 nitrogen and oxygen atoms in total. The molecule has 144 valence electrons. The minimum Gasteiger partial charge on any atom is -0.508 e. The standard InChI is InChI=1S/C24H42O/c1-23(2,3)17-11-8-7-9-14-21-19-20(15-16-22(21)25)13-10-12-18-24(4,5)6/h15-16,19,25H,7-14,17-18H2,1-6H3. The summed E-state index contributed by atoms with van der Waals surface area (Å²) in [7, 11) is 0. The monoisotopic (exact) mass is 346 g/mol. The highest BCUT2D eigenvalue weighted by atomic mass is 16.3. The molecule has 0 atom stereocenters. The fourth-order valence-corrected chi connectivity index (χ4v) is 3.30. The van der Waals surface area contributed by atoms with Gasteiger partial charge in [-0.3, -0.25) is 0 Å². The van der Waals surface area contributed by atoms with Crippen molar-refractivity contribution in [1.82, 2.24) is 0 Å². The van der Waals surface area contributed by atoms with Crippen LogP contribution in [0.2, 0.25) is 0 Å². The molecule has 0 aromatic heterocycles. The van der Waals surface area contributed by atoms with E-state index in [9.17, 15) is 5.11 Å². The fraction of sp³-hybridized carbons (Fsp3) is 0.750. The molecule has 0 saturated carbocycles. The minimum atomic E-state index is 0.438. The van der Waals surface area contributed by atoms with E-state index < -0.39 is 0 Å². The number of aromatic hydroxyl groups is 1. The van der Waals surface area contributed by atoms with Crippen molar-refractivity contribution in [3.05, 3.63) is 29.3 Å². The lowest BCUT2D eigenvalue weighted by Gasteiger charge is -2.17. The van der Waals surface area contributed by atoms with Gasteiger partial charge in [-0.25, -0.2) is 0 Å². The molecule has 0 aliphatic rings. The molecule has 0 unspecified atom stereocenters. The van der Waals surface area contributed by atoms with Gasteiger partial charge in [0, 0.05) is 0 Å². The third kappa shape index (κ3) is 11.3. The molecule has 0 radical (unpaired) electrons. The molecule has 25 heavy (non-hydrogen) atoms. The van der Waals surface area contributed by atoms with Crippen LogP contribution in [0.1, 0.15) is 104 Å². The van der Waals surface area contributed by atoms with Gasteiger partial charge in [0.05, 0.1) is 0 Å². The van der Waals surface area contributed by atoms with Crippen LogP contribution in [0.3, 0.4) is 0 Å². The molecule has 0 aliphatic heterocycles. The molecule has 1 N–H and O–H groups in total. The van der Waals surface area contributed by atoms with E-state index in [1.807, 2.05) is 6.07 Å². The largest absolute Gasteiger partial charge is 0.508 e. The predicted octanol–water partition coefficient (Wildman–Crippen LogP) is 7.69. The SMILES string of the molecule is CC(C)(C)CCCCCCc1cc(CCCCC(C)(C)C)ccc1O. The maximum atomic E-state index is 10.1. The predicted molar refractivity (Wildman–Crippen MR) is 111 cm³/mol. The molecule has 1 aromatic rings. The van der Waals surface area contributed by atoms with Crippen LogP contribution in [0.25, 0.3) is 0 Å². The Bertz CT molecular complexity index is 488. The first-order valence-electron chi connectivity index (χ1n) is 10.4. The van der Waals surface area contributed by atoms with E-state index in [2.05, 4.69) is 53.7 Å². The van der Waals surface area contributed by atoms with Gasteiger partial charge in [0.2, 0.25) is 0 Å². The van der Waals surface area contributed by atoms with E-state index in [0.29, 0.717) is 16.6 Å². The number of phenols is 1. The van der Waals surface area contributed by atoms with Gasteiger partial charge >= 0.3 is 0 Å². The highest BCUT2D eigenvalue weighted by Gasteiger charge is 2.10. The van der Waals surface area contributed by atoms with Crippen LogP contribution in [-0.4, -0.2) is 5.11 Å². The third-order valence-electron chi connectivity index (χ3n) is 4.91. The molecule has 0 heterocycles. The Balaban J connectivity index is 2.32. The van der Waals surface area contributed by atoms with Gasteiger partial charge in [-0.15, -0.1) is 0 Å². The number of aryl methyl sites for hydroxylation is 2. The Morgan fingerprint density at radius 1 is 0.680 bits per heavy atom. The molecule has 0 saturated heterocycles. The summed E-state index contributed by atoms with van der Waals surface area (Å²) in [6.07, 6.45) is 12.4. The van der Waals surface area contributed by atoms with E-state index in [4.69, 9.17) is 0 Å². The summed E-state index contributed by atoms with van der Waals surface area (Å²) in [6, 6.07) is 6.23. The average molecular weight is 347 g/mol. The van der Waals surface area contributed by atoms with Gasteiger partial charge in [-0.05, 0) is 66.5 Å². The van der Waals surface area contributed by atoms with Gasteiger partial charge in [-0.1, -0.05) is 79.4 Å². The van der Waals surface area contributed by atoms with Crippen LogP contribution < -0.4 is 0 Å². The van der Waals surface area contributed by atoms with Gasteiger partial charge in [0.15, 0.2) is 0 Å². The van der Waals surface area contributed by atoms with E-state index in [0.717, 1.165) is 18.4 Å². The van der Waals surface area contributed by atoms with Crippen LogP contribution in [-0.2, 0) is 12.8 Å². The van der Waals surface area contributed by atoms with E-state index in [1.54, 1.807) is 0 Å². The number of hydrogen-bond donors (Lipinski definition) is 1. The quantitative estimate of drug-likeness (QED) is 0.430. The van der Waals surface area contributed by atoms with E-state index in [1.165, 1.54) is 56.9 Å². The number of phenolic OH excluding ortho intramolecular Hbond substituents is 1. The molecule has 0 aliphatic carbocycles. The summed E-state index contributed by atoms with van der Waals surface area (Å²) < 4.78 is 0. The molecular weight excluding hydrogens is 304 g/mol. The molecule has 0 bridgehead atoms. The van der Waals surface area contributed by atoms with Crippen molar-refractivity contribution in [1.29, 1.82) is 0 Å². The van der Waals surface area contributed by atoms with Crippen molar-refractivity contribution in [2.75, 3.05) is 0 Å². The first-order chi connectivity index (χ1) is 11.6. The van der Waals surface area contributed by atoms with E-state index in [-0.39, 0.29) is 0 Å². The van der Waals surface area contributed by atoms with Crippen LogP contribution in [0.5, 0.6) is 5.75 Å². The Morgan fingerprint density at radius 2 is 1.20 bits per heavy atom. The zero-order valence-electron chi connectivity index (χ0n) is 17.8. The zero-order chi connectivity index (χ0) is 18.9. The Kier molecular flexibility index (Phi) is 9.03. The molecule has 0 fully saturated rings. The zero-order valence-corrected chi connectivity index (χ0v) is 17.8. The lowest BCUT2D eigenvalue weighted by Crippen LogP contribution is -2.04. The van der Waals surface area contributed by atoms with Gasteiger partial charge in [-0.2, -0.15) is 0 Å². The molecule has 1 rings (SSSR count). The van der Waals surface area contributed by atoms with Crippen LogP contribution >= 0.6 is 0 Å². The maximum Gasteiger partial charge on any atom is 0.118 e. The minimum absolute atomic E-state index is 0.438. The number of unbranched alkanes of at least 4 members (excludes halogenated alkanes) is 4. The Labute approximate surface area is 157 Å². The van der Waals surface area contributed by atoms with Gasteiger partial charge in [0.25, 0.3) is 0 Å². The molecule has 0 spiro atoms. The van der Waals surface area contributed by atoms with Crippen LogP contribution in [0.4, 0.5) is 0 Å². The van der Waals surface area contributed by atoms with Crippen LogP contribution in [0, 0.1) is 10.8 Å². The summed E-state index contributed by atoms with van der Waals surface area (Å²) >= 11 is 0. The van der Waals surface area contributed by atoms with Crippen molar-refractivity contribution in [2.45, 2.75) is 106 Å². The number of benzene rings is 1. The van der Waals surface area contributed by atoms with Crippen molar-refractivity contribution in [2.24, 2.45) is 10.8 Å². The summed E-state index contributed by atoms with van der Waals surface area (Å²) in [6.45, 7) is 13.9. The van der Waals surface area contributed by atoms with E-state index >= 15 is 0 Å². The highest BCUT2D eigenvalue weighted by Crippen LogP contribution is 2.26. The fourth-order valence-electron chi connectivity index (χ4n) is 3.30. The second-order valence-corrected chi connectivity index (χ2v) is 10.2. The van der Waals surface area contributed by atoms with Crippen molar-refractivity contribution in [3.63, 3.8) is 0 Å². The van der Waals surface area contributed by atoms with Gasteiger partial charge < -0.3 is 5.11 Å². The smallest absolute Gasteiger partial charge is 0.118 e. The van der Waals surface area contributed by atoms with Crippen molar-refractivity contribution in [3.8, 4) is 5.75 Å². The first kappa shape index (κ1) is 22.1. The van der Waals surface area contributed by atoms with Crippen molar-refractivity contribution < 1.29 is 5.11 Å². The molecule has 0 amide bonds. The number of rotatable bonds is 10. The van der Waals surface area contributed by atoms with Crippen LogP contribution in [0.15, 0.2) is 18.2 Å². The molecular formula is C24H42O. The average Bonchev–Trinajstić information content (AvgIpc) is 2.47. The lowest BCUT2D eigenvalue weighted by atomic mass is 9.89. The summed E-state index contributed by atoms with van der Waals surface area (Å²) in [5, 5.41) is 10.1. The summed E-state index contributed by atoms with van der Waals surface area (Å²) in [5.41, 5.74) is 3.42. The normalized spacial score (nSPS) is 12.6. The topological polar surface area (TPSA) is 20.2 Å². The molecule has 1 aromatic carbocycles. The lowest BCUT2D eigenvalue weighted by molar-refractivity contribution is 0.357. The second-order valence-electron chi connectivity index (χ2n) is 10.2. The first-order valence-corrected chi connectivity index (χ1v) is 10.4. The third-order valence-corrected chi connectivity index (χ3v) is 4.91. The van der Waals surface area contributed by atoms with Crippen molar-refractivity contribution >= 4 is 0 Å². The Morgan fingerprint density at radius 3 is 1.80 bits per heavy atom. The highest BCUT2D eigenvalue weighted by molar-refractivity contribution is 5.36. The summed E-state index contributed by atoms with van der Waals surface area (Å²) in [5.74, 6) is 0.480. The maximum absolute atomic E-state index is 10.1. The second kappa shape index (κ2) is 10.2. The van der Waals surface area contributed by atoms with Gasteiger partial charge in [0.1, 0.15) is 5.75 Å². The molecule has 1 heteroatoms. The Hall–Kier alpha value is -0.980.